The molecule has 0 saturated heterocycles. The van der Waals surface area contributed by atoms with Crippen molar-refractivity contribution in [1.82, 2.24) is 14.8 Å². The summed E-state index contributed by atoms with van der Waals surface area (Å²) in [5.74, 6) is -0.440. The molecule has 1 amide bonds. The summed E-state index contributed by atoms with van der Waals surface area (Å²) in [5, 5.41) is 2.94. The van der Waals surface area contributed by atoms with Crippen LogP contribution in [-0.2, 0) is 6.54 Å². The van der Waals surface area contributed by atoms with Crippen molar-refractivity contribution in [2.24, 2.45) is 0 Å². The van der Waals surface area contributed by atoms with Gasteiger partial charge >= 0.3 is 0 Å². The van der Waals surface area contributed by atoms with E-state index >= 15 is 0 Å². The number of nitrogens with one attached hydrogen (secondary N) is 1. The lowest BCUT2D eigenvalue weighted by Crippen LogP contribution is -2.29. The minimum atomic E-state index is -0.289. The largest absolute Gasteiger partial charge is 0.463 e. The molecule has 132 valence electrons. The molecule has 0 saturated carbocycles. The van der Waals surface area contributed by atoms with E-state index in [0.29, 0.717) is 24.4 Å². The van der Waals surface area contributed by atoms with Crippen LogP contribution < -0.4 is 5.32 Å². The number of halogens is 1. The smallest absolute Gasteiger partial charge is 0.268 e. The van der Waals surface area contributed by atoms with Crippen molar-refractivity contribution in [3.8, 4) is 0 Å². The Hall–Kier alpha value is -2.60. The zero-order chi connectivity index (χ0) is 17.8. The normalized spacial score (nSPS) is 11.4. The zero-order valence-corrected chi connectivity index (χ0v) is 14.5. The van der Waals surface area contributed by atoms with Gasteiger partial charge < -0.3 is 19.2 Å². The highest BCUT2D eigenvalue weighted by Crippen LogP contribution is 2.22. The number of aromatic nitrogens is 1. The van der Waals surface area contributed by atoms with Crippen LogP contribution in [0.4, 0.5) is 4.39 Å². The second kappa shape index (κ2) is 7.53. The van der Waals surface area contributed by atoms with Gasteiger partial charge in [0.05, 0.1) is 11.8 Å². The predicted octanol–water partition coefficient (Wildman–Crippen LogP) is 3.10. The average Bonchev–Trinajstić information content (AvgIpc) is 3.14. The van der Waals surface area contributed by atoms with E-state index in [2.05, 4.69) is 10.2 Å². The number of amides is 1. The fraction of sp³-hybridized carbons (Fsp3) is 0.316. The topological polar surface area (TPSA) is 50.4 Å². The Balaban J connectivity index is 1.80. The number of rotatable bonds is 7. The molecule has 0 unspecified atom stereocenters. The summed E-state index contributed by atoms with van der Waals surface area (Å²) in [4.78, 5) is 14.6. The minimum Gasteiger partial charge on any atom is -0.463 e. The van der Waals surface area contributed by atoms with Crippen LogP contribution in [0.25, 0.3) is 11.1 Å². The molecular formula is C19H22FN3O2. The molecule has 0 fully saturated rings. The van der Waals surface area contributed by atoms with Gasteiger partial charge in [-0.25, -0.2) is 4.39 Å². The first-order chi connectivity index (χ1) is 12.0. The third kappa shape index (κ3) is 4.09. The second-order valence-electron chi connectivity index (χ2n) is 6.33. The highest BCUT2D eigenvalue weighted by molar-refractivity contribution is 5.97. The predicted molar refractivity (Wildman–Crippen MR) is 95.2 cm³/mol. The maximum atomic E-state index is 13.5. The van der Waals surface area contributed by atoms with Gasteiger partial charge in [0.2, 0.25) is 0 Å². The number of hydrogen-bond acceptors (Lipinski definition) is 3. The second-order valence-corrected chi connectivity index (χ2v) is 6.33. The molecule has 1 N–H and O–H groups in total. The lowest BCUT2D eigenvalue weighted by atomic mass is 10.2. The van der Waals surface area contributed by atoms with E-state index in [9.17, 15) is 9.18 Å². The van der Waals surface area contributed by atoms with Crippen LogP contribution in [0, 0.1) is 5.82 Å². The van der Waals surface area contributed by atoms with Crippen LogP contribution in [0.3, 0.4) is 0 Å². The van der Waals surface area contributed by atoms with Gasteiger partial charge in [-0.15, -0.1) is 0 Å². The lowest BCUT2D eigenvalue weighted by molar-refractivity contribution is 0.0944. The van der Waals surface area contributed by atoms with Gasteiger partial charge in [-0.05, 0) is 44.8 Å². The molecule has 2 aromatic heterocycles. The molecule has 3 aromatic rings. The van der Waals surface area contributed by atoms with E-state index in [-0.39, 0.29) is 11.7 Å². The maximum absolute atomic E-state index is 13.5. The Bertz CT molecular complexity index is 867. The van der Waals surface area contributed by atoms with Gasteiger partial charge in [-0.2, -0.15) is 0 Å². The van der Waals surface area contributed by atoms with Gasteiger partial charge in [0.1, 0.15) is 11.5 Å². The molecule has 0 atom stereocenters. The van der Waals surface area contributed by atoms with Gasteiger partial charge in [-0.1, -0.05) is 12.1 Å². The van der Waals surface area contributed by atoms with E-state index in [4.69, 9.17) is 4.42 Å². The molecule has 2 heterocycles. The van der Waals surface area contributed by atoms with Crippen LogP contribution in [0.15, 0.2) is 47.1 Å². The summed E-state index contributed by atoms with van der Waals surface area (Å²) in [6.07, 6.45) is 2.46. The van der Waals surface area contributed by atoms with Crippen LogP contribution in [0.2, 0.25) is 0 Å². The highest BCUT2D eigenvalue weighted by atomic mass is 19.1. The van der Waals surface area contributed by atoms with Crippen LogP contribution in [0.5, 0.6) is 0 Å². The fourth-order valence-corrected chi connectivity index (χ4v) is 2.84. The summed E-state index contributed by atoms with van der Waals surface area (Å²) in [7, 11) is 4.00. The van der Waals surface area contributed by atoms with Crippen molar-refractivity contribution in [3.05, 3.63) is 59.7 Å². The summed E-state index contributed by atoms with van der Waals surface area (Å²) in [5.41, 5.74) is 2.78. The number of carbonyl (C=O) groups excluding carboxylic acids is 1. The van der Waals surface area contributed by atoms with Crippen molar-refractivity contribution in [2.75, 3.05) is 27.2 Å². The Morgan fingerprint density at radius 3 is 2.88 bits per heavy atom. The molecule has 0 bridgehead atoms. The molecule has 6 heteroatoms. The van der Waals surface area contributed by atoms with Crippen LogP contribution >= 0.6 is 0 Å². The first-order valence-electron chi connectivity index (χ1n) is 8.28. The molecule has 25 heavy (non-hydrogen) atoms. The molecule has 5 nitrogen and oxygen atoms in total. The number of nitrogens with zero attached hydrogens (tertiary/aromatic N) is 2. The third-order valence-corrected chi connectivity index (χ3v) is 4.05. The van der Waals surface area contributed by atoms with Crippen molar-refractivity contribution < 1.29 is 13.6 Å². The molecule has 3 rings (SSSR count). The van der Waals surface area contributed by atoms with E-state index in [0.717, 1.165) is 24.0 Å². The summed E-state index contributed by atoms with van der Waals surface area (Å²) in [6.45, 7) is 1.91. The van der Waals surface area contributed by atoms with Crippen LogP contribution in [0.1, 0.15) is 22.5 Å². The van der Waals surface area contributed by atoms with E-state index in [1.54, 1.807) is 18.4 Å². The Kier molecular flexibility index (Phi) is 5.19. The molecular weight excluding hydrogens is 321 g/mol. The third-order valence-electron chi connectivity index (χ3n) is 4.05. The molecule has 0 spiro atoms. The minimum absolute atomic E-state index is 0.151. The number of carbonyl (C=O) groups is 1. The standard InChI is InChI=1S/C19H22FN3O2/c1-22(2)9-4-8-21-19(24)17-12-18-16(7-10-25-18)23(17)13-14-5-3-6-15(20)11-14/h3,5-7,10-12H,4,8-9,13H2,1-2H3,(H,21,24). The first-order valence-corrected chi connectivity index (χ1v) is 8.28. The molecule has 0 aliphatic heterocycles. The quantitative estimate of drug-likeness (QED) is 0.671. The zero-order valence-electron chi connectivity index (χ0n) is 14.5. The first kappa shape index (κ1) is 17.2. The lowest BCUT2D eigenvalue weighted by Gasteiger charge is -2.12. The molecule has 0 radical (unpaired) electrons. The van der Waals surface area contributed by atoms with Crippen molar-refractivity contribution in [1.29, 1.82) is 0 Å². The van der Waals surface area contributed by atoms with Gasteiger partial charge in [-0.3, -0.25) is 4.79 Å². The van der Waals surface area contributed by atoms with Crippen molar-refractivity contribution >= 4 is 17.0 Å². The average molecular weight is 343 g/mol. The van der Waals surface area contributed by atoms with Gasteiger partial charge in [0, 0.05) is 25.2 Å². The van der Waals surface area contributed by atoms with Crippen molar-refractivity contribution in [3.63, 3.8) is 0 Å². The van der Waals surface area contributed by atoms with Crippen molar-refractivity contribution in [2.45, 2.75) is 13.0 Å². The fourth-order valence-electron chi connectivity index (χ4n) is 2.84. The Morgan fingerprint density at radius 2 is 2.12 bits per heavy atom. The summed E-state index contributed by atoms with van der Waals surface area (Å²) < 4.78 is 20.8. The number of furan rings is 1. The summed E-state index contributed by atoms with van der Waals surface area (Å²) >= 11 is 0. The highest BCUT2D eigenvalue weighted by Gasteiger charge is 2.17. The monoisotopic (exact) mass is 343 g/mol. The number of hydrogen-bond donors (Lipinski definition) is 1. The van der Waals surface area contributed by atoms with E-state index in [1.165, 1.54) is 12.1 Å². The van der Waals surface area contributed by atoms with Crippen LogP contribution in [-0.4, -0.2) is 42.6 Å². The number of benzene rings is 1. The van der Waals surface area contributed by atoms with E-state index < -0.39 is 0 Å². The maximum Gasteiger partial charge on any atom is 0.268 e. The Labute approximate surface area is 146 Å². The Morgan fingerprint density at radius 1 is 1.28 bits per heavy atom. The van der Waals surface area contributed by atoms with E-state index in [1.807, 2.05) is 30.8 Å². The molecule has 0 aliphatic carbocycles. The van der Waals surface area contributed by atoms with Gasteiger partial charge in [0.25, 0.3) is 5.91 Å². The van der Waals surface area contributed by atoms with Gasteiger partial charge in [0.15, 0.2) is 5.58 Å². The molecule has 0 aliphatic rings. The SMILES string of the molecule is CN(C)CCCNC(=O)c1cc2occc2n1Cc1cccc(F)c1. The number of fused-ring (bicyclic) bond motifs is 1. The summed E-state index contributed by atoms with van der Waals surface area (Å²) in [6, 6.07) is 9.94. The molecule has 1 aromatic carbocycles.